The highest BCUT2D eigenvalue weighted by atomic mass is 79.9. The van der Waals surface area contributed by atoms with Crippen LogP contribution in [0.15, 0.2) is 22.7 Å². The normalized spacial score (nSPS) is 11.1. The Balaban J connectivity index is 2.78. The Morgan fingerprint density at radius 3 is 2.52 bits per heavy atom. The van der Waals surface area contributed by atoms with Crippen LogP contribution in [0.2, 0.25) is 0 Å². The number of hydrogen-bond donors (Lipinski definition) is 2. The predicted octanol–water partition coefficient (Wildman–Crippen LogP) is 3.56. The van der Waals surface area contributed by atoms with Crippen molar-refractivity contribution in [3.63, 3.8) is 0 Å². The molecule has 9 heteroatoms. The number of nitrogens with one attached hydrogen (secondary N) is 1. The van der Waals surface area contributed by atoms with Gasteiger partial charge in [0, 0.05) is 18.1 Å². The van der Waals surface area contributed by atoms with Gasteiger partial charge in [0.15, 0.2) is 0 Å². The highest BCUT2D eigenvalue weighted by molar-refractivity contribution is 9.10. The third-order valence-corrected chi connectivity index (χ3v) is 3.02. The van der Waals surface area contributed by atoms with Crippen molar-refractivity contribution >= 4 is 33.6 Å². The number of benzene rings is 1. The van der Waals surface area contributed by atoms with E-state index in [1.807, 2.05) is 0 Å². The summed E-state index contributed by atoms with van der Waals surface area (Å²) in [7, 11) is 1.19. The standard InChI is InChI=1S/C12H12BrF3N2O3/c1-18(5-4-12(14,15)16)11(21)17-9-6-7(13)2-3-8(9)10(19)20/h2-3,6H,4-5H2,1H3,(H,17,21)(H,19,20). The number of anilines is 1. The Morgan fingerprint density at radius 2 is 2.00 bits per heavy atom. The zero-order valence-corrected chi connectivity index (χ0v) is 12.5. The lowest BCUT2D eigenvalue weighted by Gasteiger charge is -2.19. The predicted molar refractivity (Wildman–Crippen MR) is 73.4 cm³/mol. The second-order valence-corrected chi connectivity index (χ2v) is 5.13. The summed E-state index contributed by atoms with van der Waals surface area (Å²) in [5.41, 5.74) is -0.156. The minimum atomic E-state index is -4.36. The largest absolute Gasteiger partial charge is 0.478 e. The molecule has 21 heavy (non-hydrogen) atoms. The van der Waals surface area contributed by atoms with Crippen LogP contribution in [-0.2, 0) is 0 Å². The fourth-order valence-corrected chi connectivity index (χ4v) is 1.77. The summed E-state index contributed by atoms with van der Waals surface area (Å²) in [5.74, 6) is -1.25. The highest BCUT2D eigenvalue weighted by Crippen LogP contribution is 2.23. The van der Waals surface area contributed by atoms with E-state index in [4.69, 9.17) is 5.11 Å². The molecule has 0 unspecified atom stereocenters. The molecule has 0 aliphatic carbocycles. The van der Waals surface area contributed by atoms with Gasteiger partial charge in [-0.25, -0.2) is 9.59 Å². The van der Waals surface area contributed by atoms with Gasteiger partial charge in [0.1, 0.15) is 0 Å². The Kier molecular flexibility index (Phi) is 5.59. The van der Waals surface area contributed by atoms with Gasteiger partial charge in [-0.15, -0.1) is 0 Å². The number of rotatable bonds is 4. The highest BCUT2D eigenvalue weighted by Gasteiger charge is 2.28. The van der Waals surface area contributed by atoms with Crippen LogP contribution in [0.5, 0.6) is 0 Å². The Bertz CT molecular complexity index is 549. The molecule has 0 saturated carbocycles. The number of hydrogen-bond acceptors (Lipinski definition) is 2. The Labute approximate surface area is 126 Å². The van der Waals surface area contributed by atoms with E-state index in [0.29, 0.717) is 4.47 Å². The average molecular weight is 369 g/mol. The lowest BCUT2D eigenvalue weighted by molar-refractivity contribution is -0.135. The fraction of sp³-hybridized carbons (Fsp3) is 0.333. The molecular weight excluding hydrogens is 357 g/mol. The third kappa shape index (κ3) is 5.62. The molecule has 2 N–H and O–H groups in total. The summed E-state index contributed by atoms with van der Waals surface area (Å²) in [6.45, 7) is -0.522. The van der Waals surface area contributed by atoms with E-state index in [1.165, 1.54) is 25.2 Å². The second-order valence-electron chi connectivity index (χ2n) is 4.21. The van der Waals surface area contributed by atoms with E-state index in [-0.39, 0.29) is 11.3 Å². The van der Waals surface area contributed by atoms with E-state index in [0.717, 1.165) is 4.90 Å². The van der Waals surface area contributed by atoms with Crippen molar-refractivity contribution in [1.29, 1.82) is 0 Å². The number of alkyl halides is 3. The van der Waals surface area contributed by atoms with Crippen molar-refractivity contribution in [3.8, 4) is 0 Å². The molecule has 0 atom stereocenters. The number of amides is 2. The van der Waals surface area contributed by atoms with Gasteiger partial charge < -0.3 is 15.3 Å². The zero-order valence-electron chi connectivity index (χ0n) is 10.9. The smallest absolute Gasteiger partial charge is 0.390 e. The molecule has 0 spiro atoms. The maximum Gasteiger partial charge on any atom is 0.390 e. The molecular formula is C12H12BrF3N2O3. The fourth-order valence-electron chi connectivity index (χ4n) is 1.41. The van der Waals surface area contributed by atoms with Gasteiger partial charge in [-0.2, -0.15) is 13.2 Å². The first-order chi connectivity index (χ1) is 9.60. The first kappa shape index (κ1) is 17.3. The minimum absolute atomic E-state index is 0.000679. The van der Waals surface area contributed by atoms with Crippen LogP contribution < -0.4 is 5.32 Å². The summed E-state index contributed by atoms with van der Waals surface area (Å²) in [6.07, 6.45) is -5.50. The van der Waals surface area contributed by atoms with Crippen LogP contribution in [0.1, 0.15) is 16.8 Å². The SMILES string of the molecule is CN(CCC(F)(F)F)C(=O)Nc1cc(Br)ccc1C(=O)O. The summed E-state index contributed by atoms with van der Waals surface area (Å²) < 4.78 is 36.8. The molecule has 2 amide bonds. The number of halogens is 4. The number of urea groups is 1. The lowest BCUT2D eigenvalue weighted by atomic mass is 10.2. The van der Waals surface area contributed by atoms with Gasteiger partial charge in [-0.05, 0) is 18.2 Å². The number of aromatic carboxylic acids is 1. The lowest BCUT2D eigenvalue weighted by Crippen LogP contribution is -2.34. The summed E-state index contributed by atoms with van der Waals surface area (Å²) in [5, 5.41) is 11.3. The van der Waals surface area contributed by atoms with Crippen LogP contribution in [0.25, 0.3) is 0 Å². The van der Waals surface area contributed by atoms with Crippen LogP contribution in [0.4, 0.5) is 23.7 Å². The monoisotopic (exact) mass is 368 g/mol. The average Bonchev–Trinajstić information content (AvgIpc) is 2.34. The second kappa shape index (κ2) is 6.79. The molecule has 5 nitrogen and oxygen atoms in total. The molecule has 0 fully saturated rings. The van der Waals surface area contributed by atoms with Gasteiger partial charge in [0.25, 0.3) is 0 Å². The Hall–Kier alpha value is -1.77. The molecule has 1 aromatic carbocycles. The van der Waals surface area contributed by atoms with Crippen LogP contribution in [0, 0.1) is 0 Å². The molecule has 0 aromatic heterocycles. The van der Waals surface area contributed by atoms with E-state index >= 15 is 0 Å². The van der Waals surface area contributed by atoms with E-state index < -0.39 is 31.1 Å². The summed E-state index contributed by atoms with van der Waals surface area (Å²) in [4.78, 5) is 23.6. The molecule has 0 radical (unpaired) electrons. The van der Waals surface area contributed by atoms with Gasteiger partial charge in [-0.3, -0.25) is 0 Å². The van der Waals surface area contributed by atoms with Crippen molar-refractivity contribution in [1.82, 2.24) is 4.90 Å². The van der Waals surface area contributed by atoms with Crippen LogP contribution in [0.3, 0.4) is 0 Å². The van der Waals surface area contributed by atoms with Gasteiger partial charge in [-0.1, -0.05) is 15.9 Å². The molecule has 0 heterocycles. The first-order valence-corrected chi connectivity index (χ1v) is 6.51. The molecule has 1 aromatic rings. The number of carbonyl (C=O) groups is 2. The van der Waals surface area contributed by atoms with Crippen LogP contribution >= 0.6 is 15.9 Å². The summed E-state index contributed by atoms with van der Waals surface area (Å²) >= 11 is 3.12. The molecule has 0 bridgehead atoms. The minimum Gasteiger partial charge on any atom is -0.478 e. The van der Waals surface area contributed by atoms with Gasteiger partial charge in [0.2, 0.25) is 0 Å². The van der Waals surface area contributed by atoms with E-state index in [2.05, 4.69) is 21.2 Å². The Morgan fingerprint density at radius 1 is 1.38 bits per heavy atom. The van der Waals surface area contributed by atoms with Gasteiger partial charge >= 0.3 is 18.2 Å². The molecule has 116 valence electrons. The molecule has 0 aliphatic heterocycles. The zero-order chi connectivity index (χ0) is 16.2. The van der Waals surface area contributed by atoms with Crippen molar-refractivity contribution in [2.75, 3.05) is 18.9 Å². The molecule has 0 aliphatic rings. The number of carbonyl (C=O) groups excluding carboxylic acids is 1. The van der Waals surface area contributed by atoms with Crippen molar-refractivity contribution in [3.05, 3.63) is 28.2 Å². The van der Waals surface area contributed by atoms with Crippen molar-refractivity contribution < 1.29 is 27.9 Å². The van der Waals surface area contributed by atoms with Crippen LogP contribution in [-0.4, -0.2) is 41.8 Å². The number of carboxylic acid groups (broad SMARTS) is 1. The topological polar surface area (TPSA) is 69.6 Å². The number of carboxylic acids is 1. The molecule has 1 rings (SSSR count). The van der Waals surface area contributed by atoms with Crippen molar-refractivity contribution in [2.24, 2.45) is 0 Å². The van der Waals surface area contributed by atoms with E-state index in [1.54, 1.807) is 0 Å². The maximum atomic E-state index is 12.1. The number of nitrogens with zero attached hydrogens (tertiary/aromatic N) is 1. The molecule has 0 saturated heterocycles. The first-order valence-electron chi connectivity index (χ1n) is 5.72. The van der Waals surface area contributed by atoms with E-state index in [9.17, 15) is 22.8 Å². The maximum absolute atomic E-state index is 12.1. The quantitative estimate of drug-likeness (QED) is 0.853. The summed E-state index contributed by atoms with van der Waals surface area (Å²) in [6, 6.07) is 3.29. The van der Waals surface area contributed by atoms with Crippen molar-refractivity contribution in [2.45, 2.75) is 12.6 Å². The third-order valence-electron chi connectivity index (χ3n) is 2.53. The van der Waals surface area contributed by atoms with Gasteiger partial charge in [0.05, 0.1) is 17.7 Å².